The van der Waals surface area contributed by atoms with Crippen LogP contribution in [0.25, 0.3) is 61.2 Å². The van der Waals surface area contributed by atoms with E-state index in [9.17, 15) is 0 Å². The number of fused-ring (bicyclic) bond motifs is 2. The van der Waals surface area contributed by atoms with E-state index in [-0.39, 0.29) is 1410 Å². The van der Waals surface area contributed by atoms with Crippen LogP contribution in [-0.4, -0.2) is 19.7 Å². The first-order valence-corrected chi connectivity index (χ1v) is 26.4. The van der Waals surface area contributed by atoms with Gasteiger partial charge in [0.2, 0.25) is 0 Å². The molecule has 0 aliphatic heterocycles. The summed E-state index contributed by atoms with van der Waals surface area (Å²) in [7, 11) is 0. The van der Waals surface area contributed by atoms with E-state index >= 15 is 0 Å². The number of hydrogen-bond donors (Lipinski definition) is 0. The Morgan fingerprint density at radius 1 is 0.302 bits per heavy atom. The van der Waals surface area contributed by atoms with Crippen LogP contribution in [0.2, 0.25) is 0 Å². The molecule has 129 heavy (non-hydrogen) atoms. The number of rotatable bonds is 10. The smallest absolute Gasteiger partial charge is 0.158 e. The maximum atomic E-state index is 5.84. The summed E-state index contributed by atoms with van der Waals surface area (Å²) < 4.78 is 7.87. The van der Waals surface area contributed by atoms with Crippen molar-refractivity contribution in [2.24, 2.45) is 0 Å². The molecule has 0 saturated heterocycles. The summed E-state index contributed by atoms with van der Waals surface area (Å²) in [5.74, 6) is 1.47. The van der Waals surface area contributed by atoms with Gasteiger partial charge in [-0.2, -0.15) is 60.9 Å². The number of oxazole rings is 1. The molecule has 0 bridgehead atoms. The largest absolute Gasteiger partial charge is 0.471 e. The molecule has 12 rings (SSSR count). The normalized spacial score (nSPS) is 6.22. The van der Waals surface area contributed by atoms with Gasteiger partial charge in [-0.05, 0) is 41.7 Å². The van der Waals surface area contributed by atoms with E-state index in [0.717, 1.165) is 79.9 Å². The summed E-state index contributed by atoms with van der Waals surface area (Å²) in [5.41, 5.74) is 18.6. The minimum atomic E-state index is 0. The van der Waals surface area contributed by atoms with E-state index in [1.807, 2.05) is 160 Å². The Bertz CT molecular complexity index is 3480. The summed E-state index contributed by atoms with van der Waals surface area (Å²) in [6, 6.07) is 78.7. The summed E-state index contributed by atoms with van der Waals surface area (Å²) >= 11 is 1.55. The third kappa shape index (κ3) is 125. The molecule has 40 radical (unpaired) electrons. The van der Waals surface area contributed by atoms with Gasteiger partial charge < -0.3 is 161 Å². The molecular weight excluding hydrogens is 4660 g/mol. The van der Waals surface area contributed by atoms with E-state index in [1.165, 1.54) is 33.4 Å². The molecule has 0 unspecified atom stereocenters. The van der Waals surface area contributed by atoms with Crippen LogP contribution in [0.1, 0.15) is 86.6 Å². The van der Waals surface area contributed by atoms with Gasteiger partial charge >= 0.3 is 0 Å². The minimum Gasteiger partial charge on any atom is -0.471 e. The number of nitrogens with zero attached hydrogens (tertiary/aromatic N) is 4. The Morgan fingerprint density at radius 3 is 0.946 bits per heavy atom. The Kier molecular flexibility index (Phi) is 510. The Morgan fingerprint density at radius 2 is 0.620 bits per heavy atom. The van der Waals surface area contributed by atoms with Crippen LogP contribution >= 0.6 is 11.3 Å². The molecule has 46 heteroatoms. The van der Waals surface area contributed by atoms with Crippen LogP contribution in [-0.2, 0) is 1320 Å². The second kappa shape index (κ2) is 207. The molecule has 8 aromatic carbocycles. The van der Waals surface area contributed by atoms with Gasteiger partial charge in [-0.1, -0.05) is 194 Å². The molecule has 5 nitrogen and oxygen atoms in total. The summed E-state index contributed by atoms with van der Waals surface area (Å²) in [6.07, 6.45) is 10.2. The third-order valence-electron chi connectivity index (χ3n) is 12.3. The zero-order valence-electron chi connectivity index (χ0n) is 80.6. The van der Waals surface area contributed by atoms with Crippen molar-refractivity contribution in [1.82, 2.24) is 19.7 Å². The zero-order chi connectivity index (χ0) is 52.2. The first-order chi connectivity index (χ1) is 37.0. The van der Waals surface area contributed by atoms with Gasteiger partial charge in [-0.25, -0.2) is 11.4 Å². The molecule has 0 atom stereocenters. The number of hydrogen-bond acceptors (Lipinski definition) is 5. The topological polar surface area (TPSA) is 56.7 Å². The maximum absolute atomic E-state index is 5.84. The van der Waals surface area contributed by atoms with Crippen molar-refractivity contribution < 1.29 is 1310 Å². The second-order valence-electron chi connectivity index (χ2n) is 17.0. The van der Waals surface area contributed by atoms with Crippen LogP contribution in [0.3, 0.4) is 0 Å². The molecule has 0 N–H and O–H groups in total. The molecule has 0 fully saturated rings. The molecule has 0 spiro atoms. The van der Waals surface area contributed by atoms with Crippen molar-refractivity contribution in [2.45, 2.75) is 54.4 Å². The van der Waals surface area contributed by atoms with Crippen molar-refractivity contribution in [2.75, 3.05) is 0 Å². The first kappa shape index (κ1) is 318. The number of aromatic nitrogens is 4. The van der Waals surface area contributed by atoms with Gasteiger partial charge in [0.1, 0.15) is 5.69 Å². The van der Waals surface area contributed by atoms with Gasteiger partial charge in [0.25, 0.3) is 0 Å². The van der Waals surface area contributed by atoms with Gasteiger partial charge in [0.15, 0.2) is 5.76 Å². The fraction of sp³-hybridized carbons (Fsp3) is 0.0964. The Hall–Kier alpha value is 35.4. The van der Waals surface area contributed by atoms with Crippen LogP contribution in [0.5, 0.6) is 0 Å². The standard InChI is InChI=1S/C23H19N2.C17H14NO.C16H14.C11H8NS.C2H6.14CH3.40Y/c1-2-21-22(18-12-6-3-7-13-18)23(19-14-8-4-9-15-19)24-25(21)20-16-10-5-11-17-20;1-2-15-18-16(13-9-5-3-6-10-13)17(19-15)14-11-7-4-8-12-14;1-2-12-7-8-15-10-13-5-3-4-6-14(13)11-16(15)9-12;1-2-10-8-13-11(12-10)9-6-4-3-5-7-9;1-2;;;;;;;;;;;;;;;;;;;;;;;;;;;;;;;;;;;;;;;;;;;;;;;;;;;;;;/h2-17H,1H3;2-12H,1H3;2-8H,10-11H2,1H3;2,4-7H,1H3;1-2H3;14*1H3;;;;;;;;;;;;;;;;;;;;;;;;;;;;;;;;;;;;;;;;/q2*-1;-2;-3;;14*-1;;;;;;;;;;;;;;;;;;;;;;;;;;;;;;;;;;;;;;;;. The van der Waals surface area contributed by atoms with E-state index in [0.29, 0.717) is 5.89 Å². The van der Waals surface area contributed by atoms with Crippen molar-refractivity contribution in [3.8, 4) is 61.2 Å². The third-order valence-corrected chi connectivity index (χ3v) is 13.1. The van der Waals surface area contributed by atoms with Crippen molar-refractivity contribution in [3.05, 3.63) is 405 Å². The van der Waals surface area contributed by atoms with E-state index in [1.54, 1.807) is 11.3 Å². The van der Waals surface area contributed by atoms with Gasteiger partial charge in [-0.15, -0.1) is 25.0 Å². The quantitative estimate of drug-likeness (QED) is 0.128. The van der Waals surface area contributed by atoms with Crippen molar-refractivity contribution >= 4 is 11.3 Å². The average molecular weight is 4760 g/mol. The Labute approximate surface area is 1810 Å². The predicted molar refractivity (Wildman–Crippen MR) is 402 cm³/mol. The van der Waals surface area contributed by atoms with Crippen LogP contribution < -0.4 is 0 Å². The van der Waals surface area contributed by atoms with Crippen LogP contribution in [0.15, 0.2) is 217 Å². The molecule has 1 aliphatic rings. The van der Waals surface area contributed by atoms with E-state index in [4.69, 9.17) is 9.52 Å². The number of thiazole rings is 1. The maximum Gasteiger partial charge on any atom is 0.158 e. The van der Waals surface area contributed by atoms with Gasteiger partial charge in [0.05, 0.1) is 16.6 Å². The van der Waals surface area contributed by atoms with Gasteiger partial charge in [0, 0.05) is 1330 Å². The molecule has 1 aliphatic carbocycles. The first-order valence-electron chi connectivity index (χ1n) is 25.6. The van der Waals surface area contributed by atoms with E-state index < -0.39 is 0 Å². The zero-order valence-corrected chi connectivity index (χ0v) is 195. The molecule has 0 amide bonds. The summed E-state index contributed by atoms with van der Waals surface area (Å²) in [6.45, 7) is 12.0. The molecule has 11 aromatic rings. The molecule has 3 aromatic heterocycles. The molecule has 3 heterocycles. The SMILES string of the molecule is CC.C[CH-]c1[c-]c2c(cc1)Cc1ccccc1C2.C[CH-]c1[c-]sc(-c2cc[c-]cc2)n1.C[CH-]c1c(-c2ccccc2)c(-c2ccccc2)nn1-c1ccccc1.C[CH-]c1nc(-c2ccccc2)c(-c2ccccc2)o1.[CH3-].[CH3-].[CH3-].[CH3-].[CH3-].[CH3-].[CH3-].[CH3-].[CH3-].[CH3-].[CH3-].[CH3-].[CH3-].[CH3-].[Y].[Y].[Y].[Y].[Y].[Y].[Y].[Y].[Y].[Y].[Y].[Y].[Y].[Y].[Y].[Y].[Y].[Y].[Y].[Y].[Y].[Y].[Y].[Y].[Y].[Y].[Y].[Y].[Y].[Y].[Y].[Y].[Y].[Y].[Y].[Y].[Y].[Y].[Y].[Y]. The van der Waals surface area contributed by atoms with Crippen LogP contribution in [0, 0.1) is 147 Å². The number of benzene rings is 8. The average Bonchev–Trinajstić information content (AvgIpc) is 1.64. The fourth-order valence-electron chi connectivity index (χ4n) is 8.60. The fourth-order valence-corrected chi connectivity index (χ4v) is 9.36. The molecule has 0 saturated carbocycles. The second-order valence-corrected chi connectivity index (χ2v) is 17.8. The van der Waals surface area contributed by atoms with Gasteiger partial charge in [-0.3, -0.25) is 16.4 Å². The van der Waals surface area contributed by atoms with Crippen molar-refractivity contribution in [1.29, 1.82) is 0 Å². The van der Waals surface area contributed by atoms with Crippen molar-refractivity contribution in [3.63, 3.8) is 0 Å². The predicted octanol–water partition coefficient (Wildman–Crippen LogP) is 24.1. The summed E-state index contributed by atoms with van der Waals surface area (Å²) in [5, 5.41) is 9.12. The van der Waals surface area contributed by atoms with Crippen LogP contribution in [0.4, 0.5) is 0 Å². The minimum absolute atomic E-state index is 0. The summed E-state index contributed by atoms with van der Waals surface area (Å²) in [4.78, 5) is 8.95. The molecular formula is C83H103N4OSY40-21. The monoisotopic (exact) mass is 4760 g/mol. The Balaban J connectivity index is -0.0000000136. The number of para-hydroxylation sites is 1. The van der Waals surface area contributed by atoms with E-state index in [2.05, 4.69) is 151 Å². The molecule has 608 valence electrons.